The number of halogens is 1. The summed E-state index contributed by atoms with van der Waals surface area (Å²) in [5.41, 5.74) is 0.650. The van der Waals surface area contributed by atoms with Crippen molar-refractivity contribution in [1.82, 2.24) is 14.9 Å². The molecule has 3 rings (SSSR count). The highest BCUT2D eigenvalue weighted by Gasteiger charge is 2.25. The third-order valence-corrected chi connectivity index (χ3v) is 4.98. The van der Waals surface area contributed by atoms with E-state index in [9.17, 15) is 5.11 Å². The van der Waals surface area contributed by atoms with Gasteiger partial charge in [0.05, 0.1) is 12.2 Å². The molecule has 0 amide bonds. The first-order chi connectivity index (χ1) is 10.3. The molecule has 116 valence electrons. The molecule has 0 spiro atoms. The molecule has 2 saturated heterocycles. The van der Waals surface area contributed by atoms with Crippen molar-refractivity contribution in [2.75, 3.05) is 37.6 Å². The number of aliphatic hydroxyl groups excluding tert-OH is 1. The van der Waals surface area contributed by atoms with Crippen molar-refractivity contribution in [3.63, 3.8) is 0 Å². The minimum absolute atomic E-state index is 0.108. The first-order valence-electron chi connectivity index (χ1n) is 7.85. The Labute approximate surface area is 130 Å². The molecule has 2 fully saturated rings. The Morgan fingerprint density at radius 2 is 1.86 bits per heavy atom. The molecule has 1 aromatic rings. The van der Waals surface area contributed by atoms with Crippen molar-refractivity contribution < 1.29 is 5.11 Å². The smallest absolute Gasteiger partial charge is 0.140 e. The van der Waals surface area contributed by atoms with Gasteiger partial charge in [0.1, 0.15) is 17.3 Å². The molecule has 3 heterocycles. The zero-order valence-corrected chi connectivity index (χ0v) is 13.1. The maximum absolute atomic E-state index is 9.47. The third kappa shape index (κ3) is 3.47. The lowest BCUT2D eigenvalue weighted by atomic mass is 9.96. The standard InChI is InChI=1S/C15H23ClN4O/c16-14-13(10-21)15(18-11-17-14)20-7-3-12(4-8-20)9-19-5-1-2-6-19/h11-12,21H,1-10H2. The number of aliphatic hydroxyl groups is 1. The van der Waals surface area contributed by atoms with Crippen LogP contribution < -0.4 is 4.90 Å². The number of piperidine rings is 1. The summed E-state index contributed by atoms with van der Waals surface area (Å²) in [7, 11) is 0. The van der Waals surface area contributed by atoms with Crippen LogP contribution in [0.15, 0.2) is 6.33 Å². The van der Waals surface area contributed by atoms with Gasteiger partial charge in [0, 0.05) is 19.6 Å². The molecule has 0 aromatic carbocycles. The van der Waals surface area contributed by atoms with Crippen LogP contribution in [-0.4, -0.2) is 52.7 Å². The predicted molar refractivity (Wildman–Crippen MR) is 83.6 cm³/mol. The van der Waals surface area contributed by atoms with Crippen LogP contribution in [0.4, 0.5) is 5.82 Å². The molecule has 0 unspecified atom stereocenters. The van der Waals surface area contributed by atoms with Crippen molar-refractivity contribution in [2.24, 2.45) is 5.92 Å². The molecule has 0 bridgehead atoms. The highest BCUT2D eigenvalue weighted by atomic mass is 35.5. The second-order valence-corrected chi connectivity index (χ2v) is 6.42. The maximum Gasteiger partial charge on any atom is 0.140 e. The first-order valence-corrected chi connectivity index (χ1v) is 8.23. The highest BCUT2D eigenvalue weighted by Crippen LogP contribution is 2.28. The van der Waals surface area contributed by atoms with Crippen LogP contribution in [0.5, 0.6) is 0 Å². The molecule has 0 atom stereocenters. The number of aromatic nitrogens is 2. The SMILES string of the molecule is OCc1c(Cl)ncnc1N1CCC(CN2CCCC2)CC1. The van der Waals surface area contributed by atoms with Crippen LogP contribution >= 0.6 is 11.6 Å². The average molecular weight is 311 g/mol. The lowest BCUT2D eigenvalue weighted by molar-refractivity contribution is 0.248. The van der Waals surface area contributed by atoms with Gasteiger partial charge in [-0.15, -0.1) is 0 Å². The number of hydrogen-bond acceptors (Lipinski definition) is 5. The van der Waals surface area contributed by atoms with E-state index < -0.39 is 0 Å². The quantitative estimate of drug-likeness (QED) is 0.861. The number of likely N-dealkylation sites (tertiary alicyclic amines) is 1. The summed E-state index contributed by atoms with van der Waals surface area (Å²) in [6.07, 6.45) is 6.56. The number of anilines is 1. The molecule has 5 nitrogen and oxygen atoms in total. The van der Waals surface area contributed by atoms with Gasteiger partial charge in [0.25, 0.3) is 0 Å². The Morgan fingerprint density at radius 3 is 2.52 bits per heavy atom. The summed E-state index contributed by atoms with van der Waals surface area (Å²) in [5, 5.41) is 9.84. The average Bonchev–Trinajstić information content (AvgIpc) is 3.01. The Bertz CT molecular complexity index is 471. The second kappa shape index (κ2) is 6.90. The summed E-state index contributed by atoms with van der Waals surface area (Å²) in [5.74, 6) is 1.59. The van der Waals surface area contributed by atoms with E-state index in [0.29, 0.717) is 10.7 Å². The van der Waals surface area contributed by atoms with Crippen molar-refractivity contribution in [1.29, 1.82) is 0 Å². The van der Waals surface area contributed by atoms with Gasteiger partial charge in [-0.1, -0.05) is 11.6 Å². The van der Waals surface area contributed by atoms with Gasteiger partial charge in [-0.05, 0) is 44.7 Å². The molecule has 0 radical (unpaired) electrons. The summed E-state index contributed by atoms with van der Waals surface area (Å²) >= 11 is 6.05. The minimum Gasteiger partial charge on any atom is -0.391 e. The molecule has 21 heavy (non-hydrogen) atoms. The number of hydrogen-bond donors (Lipinski definition) is 1. The molecule has 0 saturated carbocycles. The van der Waals surface area contributed by atoms with Crippen LogP contribution in [-0.2, 0) is 6.61 Å². The van der Waals surface area contributed by atoms with E-state index in [0.717, 1.165) is 24.8 Å². The Hall–Kier alpha value is -0.910. The molecule has 2 aliphatic heterocycles. The van der Waals surface area contributed by atoms with Crippen molar-refractivity contribution in [2.45, 2.75) is 32.3 Å². The van der Waals surface area contributed by atoms with Crippen molar-refractivity contribution in [3.8, 4) is 0 Å². The van der Waals surface area contributed by atoms with E-state index in [2.05, 4.69) is 19.8 Å². The van der Waals surface area contributed by atoms with E-state index >= 15 is 0 Å². The molecule has 1 N–H and O–H groups in total. The summed E-state index contributed by atoms with van der Waals surface area (Å²) in [6.45, 7) is 5.65. The molecule has 0 aliphatic carbocycles. The Balaban J connectivity index is 1.59. The predicted octanol–water partition coefficient (Wildman–Crippen LogP) is 1.93. The molecule has 2 aliphatic rings. The fourth-order valence-electron chi connectivity index (χ4n) is 3.45. The van der Waals surface area contributed by atoms with Crippen molar-refractivity contribution in [3.05, 3.63) is 17.0 Å². The molecule has 6 heteroatoms. The van der Waals surface area contributed by atoms with Crippen LogP contribution in [0.2, 0.25) is 5.15 Å². The van der Waals surface area contributed by atoms with Gasteiger partial charge in [-0.2, -0.15) is 0 Å². The van der Waals surface area contributed by atoms with Crippen molar-refractivity contribution >= 4 is 17.4 Å². The zero-order chi connectivity index (χ0) is 14.7. The van der Waals surface area contributed by atoms with E-state index in [1.165, 1.54) is 51.6 Å². The normalized spacial score (nSPS) is 21.1. The van der Waals surface area contributed by atoms with Gasteiger partial charge in [-0.3, -0.25) is 0 Å². The second-order valence-electron chi connectivity index (χ2n) is 6.06. The first kappa shape index (κ1) is 15.0. The number of nitrogens with zero attached hydrogens (tertiary/aromatic N) is 4. The van der Waals surface area contributed by atoms with Crippen LogP contribution in [0.1, 0.15) is 31.2 Å². The lowest BCUT2D eigenvalue weighted by Crippen LogP contribution is -2.39. The zero-order valence-electron chi connectivity index (χ0n) is 12.3. The Morgan fingerprint density at radius 1 is 1.14 bits per heavy atom. The number of rotatable bonds is 4. The topological polar surface area (TPSA) is 52.5 Å². The third-order valence-electron chi connectivity index (χ3n) is 4.66. The summed E-state index contributed by atoms with van der Waals surface area (Å²) in [4.78, 5) is 13.1. The largest absolute Gasteiger partial charge is 0.391 e. The fraction of sp³-hybridized carbons (Fsp3) is 0.733. The van der Waals surface area contributed by atoms with E-state index in [-0.39, 0.29) is 6.61 Å². The lowest BCUT2D eigenvalue weighted by Gasteiger charge is -2.35. The van der Waals surface area contributed by atoms with Crippen LogP contribution in [0.3, 0.4) is 0 Å². The summed E-state index contributed by atoms with van der Waals surface area (Å²) < 4.78 is 0. The van der Waals surface area contributed by atoms with E-state index in [4.69, 9.17) is 11.6 Å². The minimum atomic E-state index is -0.108. The van der Waals surface area contributed by atoms with Gasteiger partial charge >= 0.3 is 0 Å². The maximum atomic E-state index is 9.47. The van der Waals surface area contributed by atoms with Gasteiger partial charge in [-0.25, -0.2) is 9.97 Å². The monoisotopic (exact) mass is 310 g/mol. The van der Waals surface area contributed by atoms with E-state index in [1.54, 1.807) is 0 Å². The van der Waals surface area contributed by atoms with Gasteiger partial charge in [0.2, 0.25) is 0 Å². The molecular weight excluding hydrogens is 288 g/mol. The van der Waals surface area contributed by atoms with Gasteiger partial charge < -0.3 is 14.9 Å². The molecular formula is C15H23ClN4O. The van der Waals surface area contributed by atoms with Crippen LogP contribution in [0.25, 0.3) is 0 Å². The van der Waals surface area contributed by atoms with Crippen LogP contribution in [0, 0.1) is 5.92 Å². The summed E-state index contributed by atoms with van der Waals surface area (Å²) in [6, 6.07) is 0. The Kier molecular flexibility index (Phi) is 4.93. The van der Waals surface area contributed by atoms with Gasteiger partial charge in [0.15, 0.2) is 0 Å². The highest BCUT2D eigenvalue weighted by molar-refractivity contribution is 6.30. The fourth-order valence-corrected chi connectivity index (χ4v) is 3.64. The molecule has 1 aromatic heterocycles. The van der Waals surface area contributed by atoms with E-state index in [1.807, 2.05) is 0 Å².